The first kappa shape index (κ1) is 19.8. The number of rotatable bonds is 5. The summed E-state index contributed by atoms with van der Waals surface area (Å²) in [4.78, 5) is 45.3. The Morgan fingerprint density at radius 3 is 1.93 bits per heavy atom. The molecule has 140 valence electrons. The average molecular weight is 393 g/mol. The molecule has 0 atom stereocenters. The average Bonchev–Trinajstić information content (AvgIpc) is 2.61. The molecular weight excluding hydrogens is 380 g/mol. The topological polar surface area (TPSA) is 136 Å². The number of carbonyl (C=O) groups is 2. The first-order chi connectivity index (χ1) is 12.6. The number of anilines is 2. The molecule has 0 aliphatic carbocycles. The van der Waals surface area contributed by atoms with Gasteiger partial charge in [0.1, 0.15) is 0 Å². The summed E-state index contributed by atoms with van der Waals surface area (Å²) in [5.74, 6) is -0.960. The fraction of sp³-hybridized carbons (Fsp3) is 0.125. The molecule has 0 fully saturated rings. The lowest BCUT2D eigenvalue weighted by Gasteiger charge is -2.15. The number of halogens is 1. The van der Waals surface area contributed by atoms with E-state index in [1.54, 1.807) is 19.2 Å². The van der Waals surface area contributed by atoms with E-state index in [1.807, 2.05) is 0 Å². The largest absolute Gasteiger partial charge is 0.322 e. The minimum atomic E-state index is -0.904. The predicted octanol–water partition coefficient (Wildman–Crippen LogP) is 3.39. The summed E-state index contributed by atoms with van der Waals surface area (Å²) in [5.41, 5.74) is -0.842. The van der Waals surface area contributed by atoms with Gasteiger partial charge in [-0.05, 0) is 24.3 Å². The van der Waals surface area contributed by atoms with Gasteiger partial charge in [-0.25, -0.2) is 0 Å². The first-order valence-corrected chi connectivity index (χ1v) is 7.77. The van der Waals surface area contributed by atoms with Gasteiger partial charge in [-0.3, -0.25) is 29.8 Å². The Labute approximate surface area is 157 Å². The number of hydrogen-bond donors (Lipinski definition) is 1. The van der Waals surface area contributed by atoms with Crippen molar-refractivity contribution in [3.63, 3.8) is 0 Å². The third-order valence-electron chi connectivity index (χ3n) is 3.67. The van der Waals surface area contributed by atoms with Crippen LogP contribution in [0.25, 0.3) is 0 Å². The van der Waals surface area contributed by atoms with Crippen molar-refractivity contribution < 1.29 is 19.4 Å². The van der Waals surface area contributed by atoms with Gasteiger partial charge in [-0.15, -0.1) is 0 Å². The highest BCUT2D eigenvalue weighted by Crippen LogP contribution is 2.35. The summed E-state index contributed by atoms with van der Waals surface area (Å²) in [6.07, 6.45) is 0. The van der Waals surface area contributed by atoms with E-state index in [0.717, 1.165) is 12.1 Å². The molecule has 0 spiro atoms. The molecule has 0 saturated carbocycles. The Bertz CT molecular complexity index is 909. The van der Waals surface area contributed by atoms with Crippen molar-refractivity contribution in [3.8, 4) is 0 Å². The molecule has 10 nitrogen and oxygen atoms in total. The van der Waals surface area contributed by atoms with Gasteiger partial charge in [0.15, 0.2) is 5.02 Å². The lowest BCUT2D eigenvalue weighted by Crippen LogP contribution is -2.22. The second kappa shape index (κ2) is 7.79. The highest BCUT2D eigenvalue weighted by Gasteiger charge is 2.27. The van der Waals surface area contributed by atoms with E-state index in [2.05, 4.69) is 5.32 Å². The maximum Gasteiger partial charge on any atom is 0.295 e. The van der Waals surface area contributed by atoms with Crippen LogP contribution in [0.4, 0.5) is 22.7 Å². The molecule has 0 saturated heterocycles. The second-order valence-electron chi connectivity index (χ2n) is 5.42. The number of amides is 2. The van der Waals surface area contributed by atoms with Gasteiger partial charge in [0.25, 0.3) is 17.3 Å². The van der Waals surface area contributed by atoms with Crippen molar-refractivity contribution in [1.29, 1.82) is 0 Å². The van der Waals surface area contributed by atoms with Gasteiger partial charge in [-0.2, -0.15) is 0 Å². The molecular formula is C16H13ClN4O6. The number of carbonyl (C=O) groups excluding carboxylic acids is 2. The Balaban J connectivity index is 2.31. The van der Waals surface area contributed by atoms with Gasteiger partial charge < -0.3 is 10.2 Å². The van der Waals surface area contributed by atoms with Crippen molar-refractivity contribution >= 4 is 46.2 Å². The smallest absolute Gasteiger partial charge is 0.295 e. The normalized spacial score (nSPS) is 10.2. The molecule has 0 unspecified atom stereocenters. The van der Waals surface area contributed by atoms with Crippen LogP contribution in [-0.2, 0) is 4.79 Å². The number of nitro groups is 2. The summed E-state index contributed by atoms with van der Waals surface area (Å²) < 4.78 is 0. The van der Waals surface area contributed by atoms with Crippen molar-refractivity contribution in [1.82, 2.24) is 0 Å². The molecule has 27 heavy (non-hydrogen) atoms. The van der Waals surface area contributed by atoms with E-state index in [4.69, 9.17) is 11.6 Å². The SMILES string of the molecule is CC(=O)N(C)c1ccc(NC(=O)c2cc([N+](=O)[O-])c(Cl)c([N+](=O)[O-])c2)cc1. The van der Waals surface area contributed by atoms with Crippen LogP contribution in [-0.4, -0.2) is 28.7 Å². The molecule has 2 rings (SSSR count). The zero-order valence-corrected chi connectivity index (χ0v) is 14.9. The van der Waals surface area contributed by atoms with Crippen LogP contribution >= 0.6 is 11.6 Å². The number of nitrogens with zero attached hydrogens (tertiary/aromatic N) is 3. The molecule has 2 aromatic rings. The monoisotopic (exact) mass is 392 g/mol. The fourth-order valence-electron chi connectivity index (χ4n) is 2.14. The van der Waals surface area contributed by atoms with E-state index in [1.165, 1.54) is 24.0 Å². The predicted molar refractivity (Wildman–Crippen MR) is 98.2 cm³/mol. The lowest BCUT2D eigenvalue weighted by molar-refractivity contribution is -0.393. The molecule has 0 bridgehead atoms. The summed E-state index contributed by atoms with van der Waals surface area (Å²) in [6, 6.07) is 7.94. The Morgan fingerprint density at radius 1 is 1.04 bits per heavy atom. The van der Waals surface area contributed by atoms with Gasteiger partial charge >= 0.3 is 0 Å². The zero-order valence-electron chi connectivity index (χ0n) is 14.1. The van der Waals surface area contributed by atoms with Crippen LogP contribution in [0, 0.1) is 20.2 Å². The molecule has 0 aliphatic heterocycles. The van der Waals surface area contributed by atoms with Crippen molar-refractivity contribution in [3.05, 3.63) is 67.2 Å². The third kappa shape index (κ3) is 4.36. The molecule has 2 amide bonds. The van der Waals surface area contributed by atoms with Gasteiger partial charge in [0.05, 0.1) is 15.4 Å². The van der Waals surface area contributed by atoms with Crippen LogP contribution in [0.15, 0.2) is 36.4 Å². The molecule has 0 aliphatic rings. The van der Waals surface area contributed by atoms with E-state index >= 15 is 0 Å². The Kier molecular flexibility index (Phi) is 5.71. The molecule has 1 N–H and O–H groups in total. The van der Waals surface area contributed by atoms with E-state index in [-0.39, 0.29) is 11.5 Å². The number of nitrogens with one attached hydrogen (secondary N) is 1. The second-order valence-corrected chi connectivity index (χ2v) is 5.80. The maximum absolute atomic E-state index is 12.3. The number of hydrogen-bond acceptors (Lipinski definition) is 6. The first-order valence-electron chi connectivity index (χ1n) is 7.40. The maximum atomic E-state index is 12.3. The van der Waals surface area contributed by atoms with Crippen molar-refractivity contribution in [2.45, 2.75) is 6.92 Å². The van der Waals surface area contributed by atoms with Crippen LogP contribution < -0.4 is 10.2 Å². The van der Waals surface area contributed by atoms with Crippen molar-refractivity contribution in [2.75, 3.05) is 17.3 Å². The highest BCUT2D eigenvalue weighted by atomic mass is 35.5. The van der Waals surface area contributed by atoms with E-state index < -0.39 is 32.2 Å². The van der Waals surface area contributed by atoms with Gasteiger partial charge in [-0.1, -0.05) is 11.6 Å². The van der Waals surface area contributed by atoms with Crippen LogP contribution in [0.3, 0.4) is 0 Å². The van der Waals surface area contributed by atoms with Crippen LogP contribution in [0.2, 0.25) is 5.02 Å². The lowest BCUT2D eigenvalue weighted by atomic mass is 10.1. The molecule has 0 radical (unpaired) electrons. The standard InChI is InChI=1S/C16H13ClN4O6/c1-9(22)19(2)12-5-3-11(4-6-12)18-16(23)10-7-13(20(24)25)15(17)14(8-10)21(26)27/h3-8H,1-2H3,(H,18,23). The summed E-state index contributed by atoms with van der Waals surface area (Å²) in [5, 5.41) is 23.9. The number of nitro benzene ring substituents is 2. The van der Waals surface area contributed by atoms with E-state index in [9.17, 15) is 29.8 Å². The van der Waals surface area contributed by atoms with Gasteiger partial charge in [0, 0.05) is 37.5 Å². The third-order valence-corrected chi connectivity index (χ3v) is 4.06. The van der Waals surface area contributed by atoms with E-state index in [0.29, 0.717) is 11.4 Å². The molecule has 11 heteroatoms. The summed E-state index contributed by atoms with van der Waals surface area (Å²) in [7, 11) is 1.59. The Hall–Kier alpha value is -3.53. The fourth-order valence-corrected chi connectivity index (χ4v) is 2.39. The van der Waals surface area contributed by atoms with Crippen LogP contribution in [0.1, 0.15) is 17.3 Å². The molecule has 2 aromatic carbocycles. The van der Waals surface area contributed by atoms with Crippen molar-refractivity contribution in [2.24, 2.45) is 0 Å². The number of benzene rings is 2. The van der Waals surface area contributed by atoms with Gasteiger partial charge in [0.2, 0.25) is 5.91 Å². The Morgan fingerprint density at radius 2 is 1.52 bits per heavy atom. The highest BCUT2D eigenvalue weighted by molar-refractivity contribution is 6.35. The van der Waals surface area contributed by atoms with Crippen LogP contribution in [0.5, 0.6) is 0 Å². The summed E-state index contributed by atoms with van der Waals surface area (Å²) >= 11 is 5.66. The molecule has 0 heterocycles. The quantitative estimate of drug-likeness (QED) is 0.611. The summed E-state index contributed by atoms with van der Waals surface area (Å²) in [6.45, 7) is 1.40. The zero-order chi connectivity index (χ0) is 20.3. The minimum absolute atomic E-state index is 0.174. The minimum Gasteiger partial charge on any atom is -0.322 e. The molecule has 0 aromatic heterocycles.